The number of nitrogen functional groups attached to an aromatic ring is 1. The first-order valence-electron chi connectivity index (χ1n) is 10.9. The minimum absolute atomic E-state index is 0.197. The van der Waals surface area contributed by atoms with Gasteiger partial charge >= 0.3 is 5.69 Å². The number of amides is 1. The number of rotatable bonds is 4. The first-order chi connectivity index (χ1) is 17.0. The molecular weight excluding hydrogens is 559 g/mol. The van der Waals surface area contributed by atoms with E-state index in [0.29, 0.717) is 41.3 Å². The van der Waals surface area contributed by atoms with Crippen molar-refractivity contribution in [1.29, 1.82) is 0 Å². The van der Waals surface area contributed by atoms with Crippen LogP contribution < -0.4 is 16.2 Å². The molecule has 0 saturated carbocycles. The van der Waals surface area contributed by atoms with Crippen LogP contribution in [0, 0.1) is 11.8 Å². The summed E-state index contributed by atoms with van der Waals surface area (Å²) in [5.74, 6) is 6.53. The Morgan fingerprint density at radius 1 is 1.11 bits per heavy atom. The number of likely N-dealkylation sites (tertiary alicyclic amines) is 1. The van der Waals surface area contributed by atoms with E-state index in [4.69, 9.17) is 10.5 Å². The number of hydrogen-bond acceptors (Lipinski definition) is 6. The summed E-state index contributed by atoms with van der Waals surface area (Å²) < 4.78 is 8.73. The fraction of sp³-hybridized carbons (Fsp3) is 0.200. The lowest BCUT2D eigenvalue weighted by Gasteiger charge is -2.21. The molecule has 1 unspecified atom stereocenters. The molecule has 10 heteroatoms. The fourth-order valence-electron chi connectivity index (χ4n) is 4.28. The number of carbonyl (C=O) groups is 1. The number of para-hydroxylation sites is 1. The second-order valence-electron chi connectivity index (χ2n) is 7.93. The van der Waals surface area contributed by atoms with Crippen molar-refractivity contribution in [3.8, 4) is 29.0 Å². The SMILES string of the molecule is CC#CC(=O)N1CC[C@@H](n2c(=O)n(-c3ccc(Oc4ccccc4)cc3)c3c(N)ncnc32)C1I. The zero-order chi connectivity index (χ0) is 24.5. The number of ether oxygens (including phenoxy) is 1. The zero-order valence-corrected chi connectivity index (χ0v) is 20.9. The number of hydrogen-bond donors (Lipinski definition) is 1. The Bertz CT molecular complexity index is 1520. The van der Waals surface area contributed by atoms with Crippen LogP contribution in [0.3, 0.4) is 0 Å². The molecule has 5 rings (SSSR count). The highest BCUT2D eigenvalue weighted by molar-refractivity contribution is 14.1. The molecule has 1 aliphatic heterocycles. The quantitative estimate of drug-likeness (QED) is 0.171. The maximum absolute atomic E-state index is 13.8. The highest BCUT2D eigenvalue weighted by Crippen LogP contribution is 2.35. The van der Waals surface area contributed by atoms with Gasteiger partial charge in [0, 0.05) is 6.54 Å². The van der Waals surface area contributed by atoms with Crippen molar-refractivity contribution in [2.24, 2.45) is 0 Å². The summed E-state index contributed by atoms with van der Waals surface area (Å²) in [6, 6.07) is 16.3. The van der Waals surface area contributed by atoms with Gasteiger partial charge in [-0.25, -0.2) is 14.8 Å². The third-order valence-corrected chi connectivity index (χ3v) is 7.36. The highest BCUT2D eigenvalue weighted by Gasteiger charge is 2.38. The Morgan fingerprint density at radius 2 is 1.83 bits per heavy atom. The second-order valence-corrected chi connectivity index (χ2v) is 9.21. The second kappa shape index (κ2) is 9.42. The van der Waals surface area contributed by atoms with Crippen molar-refractivity contribution in [2.45, 2.75) is 23.4 Å². The van der Waals surface area contributed by atoms with Crippen LogP contribution in [0.15, 0.2) is 65.7 Å². The normalized spacial score (nSPS) is 17.3. The number of fused-ring (bicyclic) bond motifs is 1. The van der Waals surface area contributed by atoms with Gasteiger partial charge in [0.2, 0.25) is 0 Å². The molecule has 2 atom stereocenters. The molecule has 4 aromatic rings. The summed E-state index contributed by atoms with van der Waals surface area (Å²) in [6.07, 6.45) is 1.94. The predicted octanol–water partition coefficient (Wildman–Crippen LogP) is 3.51. The van der Waals surface area contributed by atoms with Gasteiger partial charge in [-0.2, -0.15) is 0 Å². The molecule has 0 bridgehead atoms. The van der Waals surface area contributed by atoms with Crippen molar-refractivity contribution in [3.05, 3.63) is 71.4 Å². The van der Waals surface area contributed by atoms with E-state index in [0.717, 1.165) is 0 Å². The van der Waals surface area contributed by atoms with E-state index in [2.05, 4.69) is 44.4 Å². The van der Waals surface area contributed by atoms with Crippen molar-refractivity contribution in [3.63, 3.8) is 0 Å². The average Bonchev–Trinajstić information content (AvgIpc) is 3.37. The van der Waals surface area contributed by atoms with Gasteiger partial charge in [0.1, 0.15) is 27.4 Å². The van der Waals surface area contributed by atoms with Gasteiger partial charge in [0.25, 0.3) is 5.91 Å². The molecular formula is C25H21IN6O3. The maximum Gasteiger partial charge on any atom is 0.335 e. The molecule has 1 saturated heterocycles. The van der Waals surface area contributed by atoms with Gasteiger partial charge in [0.05, 0.1) is 11.7 Å². The summed E-state index contributed by atoms with van der Waals surface area (Å²) in [6.45, 7) is 2.12. The van der Waals surface area contributed by atoms with E-state index >= 15 is 0 Å². The van der Waals surface area contributed by atoms with E-state index in [-0.39, 0.29) is 27.5 Å². The number of aromatic nitrogens is 4. The summed E-state index contributed by atoms with van der Waals surface area (Å²) in [5.41, 5.74) is 7.38. The van der Waals surface area contributed by atoms with Gasteiger partial charge in [-0.15, -0.1) is 0 Å². The largest absolute Gasteiger partial charge is 0.457 e. The Morgan fingerprint density at radius 3 is 2.54 bits per heavy atom. The van der Waals surface area contributed by atoms with E-state index < -0.39 is 0 Å². The van der Waals surface area contributed by atoms with Gasteiger partial charge in [-0.3, -0.25) is 13.9 Å². The summed E-state index contributed by atoms with van der Waals surface area (Å²) in [4.78, 5) is 36.4. The number of nitrogens with two attached hydrogens (primary N) is 1. The van der Waals surface area contributed by atoms with Crippen molar-refractivity contribution < 1.29 is 9.53 Å². The Labute approximate surface area is 214 Å². The molecule has 3 heterocycles. The van der Waals surface area contributed by atoms with Crippen LogP contribution in [-0.4, -0.2) is 40.5 Å². The van der Waals surface area contributed by atoms with Gasteiger partial charge < -0.3 is 15.4 Å². The van der Waals surface area contributed by atoms with Crippen LogP contribution in [0.1, 0.15) is 19.4 Å². The molecule has 0 radical (unpaired) electrons. The van der Waals surface area contributed by atoms with Crippen LogP contribution in [0.4, 0.5) is 5.82 Å². The molecule has 2 aromatic carbocycles. The lowest BCUT2D eigenvalue weighted by molar-refractivity contribution is -0.124. The Kier molecular flexibility index (Phi) is 6.17. The van der Waals surface area contributed by atoms with Gasteiger partial charge in [0.15, 0.2) is 11.5 Å². The van der Waals surface area contributed by atoms with E-state index in [9.17, 15) is 9.59 Å². The first kappa shape index (κ1) is 22.9. The van der Waals surface area contributed by atoms with Crippen molar-refractivity contribution >= 4 is 45.5 Å². The van der Waals surface area contributed by atoms with Crippen LogP contribution in [0.5, 0.6) is 11.5 Å². The minimum atomic E-state index is -0.300. The number of halogens is 1. The third-order valence-electron chi connectivity index (χ3n) is 5.86. The molecule has 0 aliphatic carbocycles. The smallest absolute Gasteiger partial charge is 0.335 e. The number of alkyl halides is 1. The van der Waals surface area contributed by atoms with Crippen molar-refractivity contribution in [2.75, 3.05) is 12.3 Å². The molecule has 2 aromatic heterocycles. The molecule has 0 spiro atoms. The van der Waals surface area contributed by atoms with Crippen LogP contribution in [0.25, 0.3) is 16.9 Å². The first-order valence-corrected chi connectivity index (χ1v) is 12.2. The fourth-order valence-corrected chi connectivity index (χ4v) is 5.49. The van der Waals surface area contributed by atoms with Crippen LogP contribution >= 0.6 is 22.6 Å². The summed E-state index contributed by atoms with van der Waals surface area (Å²) >= 11 is 2.19. The Balaban J connectivity index is 1.57. The maximum atomic E-state index is 13.8. The van der Waals surface area contributed by atoms with E-state index in [1.807, 2.05) is 30.3 Å². The summed E-state index contributed by atoms with van der Waals surface area (Å²) in [7, 11) is 0. The Hall–Kier alpha value is -3.85. The number of imidazole rings is 1. The molecule has 9 nitrogen and oxygen atoms in total. The van der Waals surface area contributed by atoms with Crippen molar-refractivity contribution in [1.82, 2.24) is 24.0 Å². The number of benzene rings is 2. The number of anilines is 1. The molecule has 1 aliphatic rings. The van der Waals surface area contributed by atoms with E-state index in [1.165, 1.54) is 10.9 Å². The van der Waals surface area contributed by atoms with Gasteiger partial charge in [-0.1, -0.05) is 46.7 Å². The number of nitrogens with zero attached hydrogens (tertiary/aromatic N) is 5. The number of carbonyl (C=O) groups excluding carboxylic acids is 1. The topological polar surface area (TPSA) is 108 Å². The van der Waals surface area contributed by atoms with E-state index in [1.54, 1.807) is 40.7 Å². The lowest BCUT2D eigenvalue weighted by Crippen LogP contribution is -2.36. The third kappa shape index (κ3) is 4.12. The van der Waals surface area contributed by atoms with Crippen LogP contribution in [-0.2, 0) is 4.79 Å². The standard InChI is InChI=1S/C25H21IN6O3/c1-2-6-20(33)30-14-13-19(22(30)26)32-24-21(23(27)28-15-29-24)31(25(32)34)16-9-11-18(12-10-16)35-17-7-4-3-5-8-17/h3-5,7-12,15,19,22H,13-14H2,1H3,(H2,27,28,29)/t19-,22?/m1/s1. The minimum Gasteiger partial charge on any atom is -0.457 e. The lowest BCUT2D eigenvalue weighted by atomic mass is 10.2. The molecule has 1 fully saturated rings. The highest BCUT2D eigenvalue weighted by atomic mass is 127. The predicted molar refractivity (Wildman–Crippen MR) is 141 cm³/mol. The van der Waals surface area contributed by atoms with Gasteiger partial charge in [-0.05, 0) is 55.7 Å². The zero-order valence-electron chi connectivity index (χ0n) is 18.8. The summed E-state index contributed by atoms with van der Waals surface area (Å²) in [5, 5.41) is 0. The monoisotopic (exact) mass is 580 g/mol. The van der Waals surface area contributed by atoms with Crippen LogP contribution in [0.2, 0.25) is 0 Å². The average molecular weight is 580 g/mol. The molecule has 2 N–H and O–H groups in total. The molecule has 35 heavy (non-hydrogen) atoms. The molecule has 1 amide bonds. The molecule has 176 valence electrons.